The molecule has 2 rings (SSSR count). The van der Waals surface area contributed by atoms with Crippen LogP contribution in [0.5, 0.6) is 0 Å². The fraction of sp³-hybridized carbons (Fsp3) is 0.533. The van der Waals surface area contributed by atoms with Crippen LogP contribution in [0.25, 0.3) is 0 Å². The van der Waals surface area contributed by atoms with Gasteiger partial charge >= 0.3 is 5.97 Å². The first-order valence-corrected chi connectivity index (χ1v) is 8.76. The van der Waals surface area contributed by atoms with Crippen LogP contribution in [0, 0.1) is 5.92 Å². The smallest absolute Gasteiger partial charge is 0.339 e. The van der Waals surface area contributed by atoms with Crippen LogP contribution in [0.1, 0.15) is 30.1 Å². The molecule has 1 aromatic rings. The minimum atomic E-state index is -3.79. The van der Waals surface area contributed by atoms with Crippen molar-refractivity contribution < 1.29 is 17.9 Å². The summed E-state index contributed by atoms with van der Waals surface area (Å²) in [5.74, 6) is -0.465. The van der Waals surface area contributed by atoms with E-state index in [2.05, 4.69) is 4.74 Å². The van der Waals surface area contributed by atoms with E-state index in [-0.39, 0.29) is 29.0 Å². The van der Waals surface area contributed by atoms with Crippen molar-refractivity contribution >= 4 is 16.0 Å². The number of piperidine rings is 1. The van der Waals surface area contributed by atoms with Gasteiger partial charge in [0.1, 0.15) is 0 Å². The molecule has 22 heavy (non-hydrogen) atoms. The predicted molar refractivity (Wildman–Crippen MR) is 82.9 cm³/mol. The number of nitrogens with two attached hydrogens (primary N) is 1. The molecule has 0 bridgehead atoms. The molecular weight excluding hydrogens is 304 g/mol. The normalized spacial score (nSPS) is 23.2. The number of hydrogen-bond acceptors (Lipinski definition) is 5. The molecule has 1 heterocycles. The van der Waals surface area contributed by atoms with E-state index in [1.54, 1.807) is 12.1 Å². The van der Waals surface area contributed by atoms with Gasteiger partial charge in [0, 0.05) is 19.1 Å². The summed E-state index contributed by atoms with van der Waals surface area (Å²) >= 11 is 0. The lowest BCUT2D eigenvalue weighted by Gasteiger charge is -2.38. The van der Waals surface area contributed by atoms with Crippen molar-refractivity contribution in [2.24, 2.45) is 11.7 Å². The number of rotatable bonds is 4. The SMILES string of the molecule is COC(=O)c1ccccc1S(=O)(=O)N1CCCC(C)C1CN. The third-order valence-electron chi connectivity index (χ3n) is 4.19. The van der Waals surface area contributed by atoms with Crippen molar-refractivity contribution in [3.8, 4) is 0 Å². The van der Waals surface area contributed by atoms with Gasteiger partial charge in [-0.3, -0.25) is 0 Å². The van der Waals surface area contributed by atoms with Gasteiger partial charge in [0.2, 0.25) is 10.0 Å². The predicted octanol–water partition coefficient (Wildman–Crippen LogP) is 1.22. The molecule has 1 aliphatic rings. The quantitative estimate of drug-likeness (QED) is 0.840. The second-order valence-corrected chi connectivity index (χ2v) is 7.39. The van der Waals surface area contributed by atoms with Gasteiger partial charge in [0.05, 0.1) is 17.6 Å². The summed E-state index contributed by atoms with van der Waals surface area (Å²) in [6, 6.07) is 5.87. The van der Waals surface area contributed by atoms with Crippen molar-refractivity contribution in [3.63, 3.8) is 0 Å². The molecule has 2 N–H and O–H groups in total. The maximum Gasteiger partial charge on any atom is 0.339 e. The van der Waals surface area contributed by atoms with Crippen LogP contribution in [0.2, 0.25) is 0 Å². The van der Waals surface area contributed by atoms with Gasteiger partial charge in [0.15, 0.2) is 0 Å². The molecule has 2 atom stereocenters. The Bertz CT molecular complexity index is 645. The molecule has 6 nitrogen and oxygen atoms in total. The maximum absolute atomic E-state index is 13.0. The molecule has 7 heteroatoms. The summed E-state index contributed by atoms with van der Waals surface area (Å²) < 4.78 is 32.1. The van der Waals surface area contributed by atoms with Crippen molar-refractivity contribution in [1.82, 2.24) is 4.31 Å². The first kappa shape index (κ1) is 16.9. The number of hydrogen-bond donors (Lipinski definition) is 1. The average molecular weight is 326 g/mol. The van der Waals surface area contributed by atoms with Gasteiger partial charge in [-0.2, -0.15) is 4.31 Å². The van der Waals surface area contributed by atoms with E-state index in [1.165, 1.54) is 23.5 Å². The number of ether oxygens (including phenoxy) is 1. The standard InChI is InChI=1S/C15H22N2O4S/c1-11-6-5-9-17(13(11)10-16)22(19,20)14-8-4-3-7-12(14)15(18)21-2/h3-4,7-8,11,13H,5-6,9-10,16H2,1-2H3. The van der Waals surface area contributed by atoms with Crippen LogP contribution < -0.4 is 5.73 Å². The molecule has 0 spiro atoms. The number of carbonyl (C=O) groups is 1. The molecule has 1 aliphatic heterocycles. The number of methoxy groups -OCH3 is 1. The molecule has 0 radical (unpaired) electrons. The Labute approximate surface area is 131 Å². The molecule has 1 aromatic carbocycles. The van der Waals surface area contributed by atoms with E-state index in [1.807, 2.05) is 6.92 Å². The van der Waals surface area contributed by atoms with Crippen molar-refractivity contribution in [1.29, 1.82) is 0 Å². The summed E-state index contributed by atoms with van der Waals surface area (Å²) in [7, 11) is -2.56. The Kier molecular flexibility index (Phi) is 5.20. The summed E-state index contributed by atoms with van der Waals surface area (Å²) in [6.07, 6.45) is 1.74. The van der Waals surface area contributed by atoms with E-state index in [4.69, 9.17) is 5.73 Å². The Balaban J connectivity index is 2.48. The number of nitrogens with zero attached hydrogens (tertiary/aromatic N) is 1. The van der Waals surface area contributed by atoms with Crippen LogP contribution in [0.3, 0.4) is 0 Å². The second-order valence-electron chi connectivity index (χ2n) is 5.53. The Morgan fingerprint density at radius 2 is 2.09 bits per heavy atom. The molecule has 122 valence electrons. The van der Waals surface area contributed by atoms with Gasteiger partial charge in [-0.15, -0.1) is 0 Å². The van der Waals surface area contributed by atoms with E-state index < -0.39 is 16.0 Å². The van der Waals surface area contributed by atoms with Crippen LogP contribution >= 0.6 is 0 Å². The number of esters is 1. The highest BCUT2D eigenvalue weighted by molar-refractivity contribution is 7.89. The summed E-state index contributed by atoms with van der Waals surface area (Å²) in [5.41, 5.74) is 5.84. The summed E-state index contributed by atoms with van der Waals surface area (Å²) in [5, 5.41) is 0. The lowest BCUT2D eigenvalue weighted by atomic mass is 9.93. The monoisotopic (exact) mass is 326 g/mol. The first-order valence-electron chi connectivity index (χ1n) is 7.32. The number of carbonyl (C=O) groups excluding carboxylic acids is 1. The minimum absolute atomic E-state index is 0.0191. The molecular formula is C15H22N2O4S. The molecule has 0 amide bonds. The van der Waals surface area contributed by atoms with Gasteiger partial charge in [0.25, 0.3) is 0 Å². The average Bonchev–Trinajstić information content (AvgIpc) is 2.53. The number of sulfonamides is 1. The number of benzene rings is 1. The zero-order valence-electron chi connectivity index (χ0n) is 12.9. The van der Waals surface area contributed by atoms with Crippen LogP contribution in [-0.2, 0) is 14.8 Å². The fourth-order valence-corrected chi connectivity index (χ4v) is 4.91. The van der Waals surface area contributed by atoms with Crippen LogP contribution in [0.4, 0.5) is 0 Å². The van der Waals surface area contributed by atoms with E-state index in [9.17, 15) is 13.2 Å². The zero-order valence-corrected chi connectivity index (χ0v) is 13.7. The molecule has 1 fully saturated rings. The van der Waals surface area contributed by atoms with Crippen molar-refractivity contribution in [3.05, 3.63) is 29.8 Å². The van der Waals surface area contributed by atoms with E-state index >= 15 is 0 Å². The third kappa shape index (κ3) is 3.02. The lowest BCUT2D eigenvalue weighted by molar-refractivity contribution is 0.0596. The first-order chi connectivity index (χ1) is 10.4. The van der Waals surface area contributed by atoms with Gasteiger partial charge in [-0.25, -0.2) is 13.2 Å². The van der Waals surface area contributed by atoms with Crippen LogP contribution in [0.15, 0.2) is 29.2 Å². The maximum atomic E-state index is 13.0. The summed E-state index contributed by atoms with van der Waals surface area (Å²) in [6.45, 7) is 2.69. The fourth-order valence-electron chi connectivity index (χ4n) is 2.96. The molecule has 0 aliphatic carbocycles. The van der Waals surface area contributed by atoms with Crippen molar-refractivity contribution in [2.45, 2.75) is 30.7 Å². The Hall–Kier alpha value is -1.44. The zero-order chi connectivity index (χ0) is 16.3. The molecule has 2 unspecified atom stereocenters. The summed E-state index contributed by atoms with van der Waals surface area (Å²) in [4.78, 5) is 11.8. The van der Waals surface area contributed by atoms with Gasteiger partial charge in [-0.1, -0.05) is 19.1 Å². The molecule has 1 saturated heterocycles. The second kappa shape index (κ2) is 6.76. The van der Waals surface area contributed by atoms with Gasteiger partial charge in [-0.05, 0) is 30.9 Å². The topological polar surface area (TPSA) is 89.7 Å². The highest BCUT2D eigenvalue weighted by Gasteiger charge is 2.38. The lowest BCUT2D eigenvalue weighted by Crippen LogP contribution is -2.51. The Morgan fingerprint density at radius 1 is 1.41 bits per heavy atom. The highest BCUT2D eigenvalue weighted by atomic mass is 32.2. The minimum Gasteiger partial charge on any atom is -0.465 e. The Morgan fingerprint density at radius 3 is 2.73 bits per heavy atom. The van der Waals surface area contributed by atoms with E-state index in [0.717, 1.165) is 12.8 Å². The molecule has 0 saturated carbocycles. The van der Waals surface area contributed by atoms with Crippen molar-refractivity contribution in [2.75, 3.05) is 20.2 Å². The molecule has 0 aromatic heterocycles. The highest BCUT2D eigenvalue weighted by Crippen LogP contribution is 2.30. The van der Waals surface area contributed by atoms with Gasteiger partial charge < -0.3 is 10.5 Å². The van der Waals surface area contributed by atoms with Crippen LogP contribution in [-0.4, -0.2) is 44.9 Å². The third-order valence-corrected chi connectivity index (χ3v) is 6.17. The van der Waals surface area contributed by atoms with E-state index in [0.29, 0.717) is 6.54 Å². The largest absolute Gasteiger partial charge is 0.465 e.